The number of benzene rings is 1. The van der Waals surface area contributed by atoms with Crippen LogP contribution in [0.2, 0.25) is 0 Å². The number of rotatable bonds is 5. The number of aromatic amines is 1. The zero-order chi connectivity index (χ0) is 24.8. The molecule has 0 atom stereocenters. The molecule has 0 unspecified atom stereocenters. The van der Waals surface area contributed by atoms with Crippen molar-refractivity contribution in [3.63, 3.8) is 0 Å². The van der Waals surface area contributed by atoms with E-state index in [1.807, 2.05) is 0 Å². The highest BCUT2D eigenvalue weighted by Gasteiger charge is 2.34. The normalized spacial score (nSPS) is 12.2. The van der Waals surface area contributed by atoms with E-state index >= 15 is 0 Å². The summed E-state index contributed by atoms with van der Waals surface area (Å²) in [6.45, 7) is 0.486. The number of halogens is 3. The summed E-state index contributed by atoms with van der Waals surface area (Å²) in [6.07, 6.45) is -1.04. The molecule has 1 aromatic carbocycles. The number of nitrogens with two attached hydrogens (primary N) is 1. The molecule has 33 heavy (non-hydrogen) atoms. The van der Waals surface area contributed by atoms with E-state index in [4.69, 9.17) is 15.0 Å². The number of alkyl halides is 3. The second-order valence-corrected chi connectivity index (χ2v) is 7.85. The van der Waals surface area contributed by atoms with Crippen LogP contribution in [0.1, 0.15) is 16.1 Å². The highest BCUT2D eigenvalue weighted by Crippen LogP contribution is 2.38. The molecule has 0 spiro atoms. The Balaban J connectivity index is 0.000000696. The number of ether oxygens (including phenoxy) is 1. The average Bonchev–Trinajstić information content (AvgIpc) is 3.35. The fourth-order valence-electron chi connectivity index (χ4n) is 2.52. The van der Waals surface area contributed by atoms with Crippen LogP contribution in [0.4, 0.5) is 13.2 Å². The second-order valence-electron chi connectivity index (χ2n) is 6.38. The molecule has 0 saturated carbocycles. The molecule has 3 rings (SSSR count). The van der Waals surface area contributed by atoms with Crippen LogP contribution in [0, 0.1) is 0 Å². The van der Waals surface area contributed by atoms with E-state index in [-0.39, 0.29) is 34.9 Å². The first kappa shape index (κ1) is 25.6. The molecule has 3 aromatic rings. The molecular weight excluding hydrogens is 471 g/mol. The summed E-state index contributed by atoms with van der Waals surface area (Å²) in [6, 6.07) is 3.21. The number of carbonyl (C=O) groups excluding carboxylic acids is 1. The van der Waals surface area contributed by atoms with E-state index in [1.165, 1.54) is 30.5 Å². The summed E-state index contributed by atoms with van der Waals surface area (Å²) >= 11 is 0. The zero-order valence-corrected chi connectivity index (χ0v) is 18.1. The molecule has 16 heteroatoms. The highest BCUT2D eigenvalue weighted by atomic mass is 32.2. The zero-order valence-electron chi connectivity index (χ0n) is 17.3. The lowest BCUT2D eigenvalue weighted by molar-refractivity contribution is -0.136. The van der Waals surface area contributed by atoms with Gasteiger partial charge in [0.25, 0.3) is 16.0 Å². The minimum atomic E-state index is -4.60. The number of carbonyl (C=O) groups is 1. The van der Waals surface area contributed by atoms with Crippen LogP contribution in [0.5, 0.6) is 5.75 Å². The Kier molecular flexibility index (Phi) is 7.99. The van der Waals surface area contributed by atoms with Crippen LogP contribution in [0.25, 0.3) is 10.9 Å². The van der Waals surface area contributed by atoms with Crippen LogP contribution >= 0.6 is 0 Å². The quantitative estimate of drug-likeness (QED) is 0.232. The SMILES string of the molecule is CN=C(N)NC(=O)c1cc2c(C(F)(F)F)ccc(OCCn3cncn3)c2[nH]1.CS(=O)(=O)O. The summed E-state index contributed by atoms with van der Waals surface area (Å²) in [7, 11) is -2.30. The van der Waals surface area contributed by atoms with Crippen molar-refractivity contribution in [3.8, 4) is 5.75 Å². The number of aromatic nitrogens is 4. The van der Waals surface area contributed by atoms with Crippen molar-refractivity contribution in [2.24, 2.45) is 10.7 Å². The lowest BCUT2D eigenvalue weighted by Crippen LogP contribution is -2.36. The van der Waals surface area contributed by atoms with Gasteiger partial charge in [-0.05, 0) is 18.2 Å². The Hall–Kier alpha value is -3.66. The van der Waals surface area contributed by atoms with Gasteiger partial charge < -0.3 is 15.5 Å². The predicted molar refractivity (Wildman–Crippen MR) is 111 cm³/mol. The number of aliphatic imine (C=N–C) groups is 1. The molecule has 1 amide bonds. The molecule has 0 bridgehead atoms. The minimum Gasteiger partial charge on any atom is -0.489 e. The summed E-state index contributed by atoms with van der Waals surface area (Å²) in [5.74, 6) is -0.718. The fraction of sp³-hybridized carbons (Fsp3) is 0.294. The van der Waals surface area contributed by atoms with Crippen molar-refractivity contribution in [2.75, 3.05) is 19.9 Å². The van der Waals surface area contributed by atoms with Gasteiger partial charge in [-0.25, -0.2) is 9.67 Å². The van der Waals surface area contributed by atoms with E-state index < -0.39 is 27.8 Å². The first-order valence-corrected chi connectivity index (χ1v) is 10.8. The van der Waals surface area contributed by atoms with Crippen molar-refractivity contribution in [1.29, 1.82) is 0 Å². The second kappa shape index (κ2) is 10.3. The highest BCUT2D eigenvalue weighted by molar-refractivity contribution is 7.85. The topological polar surface area (TPSA) is 178 Å². The van der Waals surface area contributed by atoms with Gasteiger partial charge in [-0.15, -0.1) is 0 Å². The minimum absolute atomic E-state index is 0.0468. The maximum absolute atomic E-state index is 13.3. The van der Waals surface area contributed by atoms with Gasteiger partial charge in [-0.3, -0.25) is 19.7 Å². The average molecular weight is 491 g/mol. The fourth-order valence-corrected chi connectivity index (χ4v) is 2.52. The molecule has 2 heterocycles. The molecule has 0 radical (unpaired) electrons. The van der Waals surface area contributed by atoms with Gasteiger partial charge in [0, 0.05) is 12.4 Å². The third kappa shape index (κ3) is 7.76. The van der Waals surface area contributed by atoms with Crippen molar-refractivity contribution in [3.05, 3.63) is 42.1 Å². The van der Waals surface area contributed by atoms with Gasteiger partial charge >= 0.3 is 6.18 Å². The first-order valence-electron chi connectivity index (χ1n) is 8.93. The third-order valence-corrected chi connectivity index (χ3v) is 3.83. The number of amides is 1. The van der Waals surface area contributed by atoms with E-state index in [9.17, 15) is 26.4 Å². The third-order valence-electron chi connectivity index (χ3n) is 3.83. The summed E-state index contributed by atoms with van der Waals surface area (Å²) in [5, 5.41) is 5.98. The molecule has 180 valence electrons. The largest absolute Gasteiger partial charge is 0.489 e. The maximum Gasteiger partial charge on any atom is 0.417 e. The number of hydrogen-bond donors (Lipinski definition) is 4. The Morgan fingerprint density at radius 2 is 2.06 bits per heavy atom. The lowest BCUT2D eigenvalue weighted by atomic mass is 10.1. The Labute approximate surface area is 185 Å². The van der Waals surface area contributed by atoms with Crippen LogP contribution in [-0.2, 0) is 22.8 Å². The predicted octanol–water partition coefficient (Wildman–Crippen LogP) is 1.04. The summed E-state index contributed by atoms with van der Waals surface area (Å²) < 4.78 is 73.0. The van der Waals surface area contributed by atoms with E-state index in [0.29, 0.717) is 12.8 Å². The monoisotopic (exact) mass is 491 g/mol. The van der Waals surface area contributed by atoms with E-state index in [1.54, 1.807) is 0 Å². The molecule has 0 fully saturated rings. The number of H-pyrrole nitrogens is 1. The Morgan fingerprint density at radius 3 is 2.61 bits per heavy atom. The van der Waals surface area contributed by atoms with Crippen molar-refractivity contribution in [1.82, 2.24) is 25.1 Å². The molecule has 0 aliphatic heterocycles. The maximum atomic E-state index is 13.3. The number of nitrogens with zero attached hydrogens (tertiary/aromatic N) is 4. The van der Waals surface area contributed by atoms with E-state index in [2.05, 4.69) is 25.4 Å². The molecule has 0 saturated heterocycles. The van der Waals surface area contributed by atoms with Gasteiger partial charge in [0.2, 0.25) is 0 Å². The summed E-state index contributed by atoms with van der Waals surface area (Å²) in [4.78, 5) is 22.2. The van der Waals surface area contributed by atoms with Crippen LogP contribution in [0.3, 0.4) is 0 Å². The number of nitrogens with one attached hydrogen (secondary N) is 2. The number of fused-ring (bicyclic) bond motifs is 1. The Morgan fingerprint density at radius 1 is 1.39 bits per heavy atom. The standard InChI is InChI=1S/C16H16F3N7O2.CH4O3S/c1-21-15(20)25-14(27)11-6-9-10(16(17,18)19)2-3-12(13(9)24-11)28-5-4-26-8-22-7-23-26;1-5(2,3)4/h2-3,6-8,24H,4-5H2,1H3,(H3,20,21,25,27);1H3,(H,2,3,4). The number of guanidine groups is 1. The van der Waals surface area contributed by atoms with Gasteiger partial charge in [0.05, 0.1) is 23.9 Å². The first-order chi connectivity index (χ1) is 15.3. The van der Waals surface area contributed by atoms with Gasteiger partial charge in [0.15, 0.2) is 5.96 Å². The van der Waals surface area contributed by atoms with Gasteiger partial charge in [-0.1, -0.05) is 0 Å². The van der Waals surface area contributed by atoms with Gasteiger partial charge in [0.1, 0.15) is 30.7 Å². The van der Waals surface area contributed by atoms with Crippen LogP contribution in [-0.4, -0.2) is 64.5 Å². The van der Waals surface area contributed by atoms with Crippen LogP contribution < -0.4 is 15.8 Å². The number of hydrogen-bond acceptors (Lipinski definition) is 7. The molecule has 0 aliphatic rings. The molecule has 2 aromatic heterocycles. The van der Waals surface area contributed by atoms with Gasteiger partial charge in [-0.2, -0.15) is 26.7 Å². The summed E-state index contributed by atoms with van der Waals surface area (Å²) in [5.41, 5.74) is 4.48. The lowest BCUT2D eigenvalue weighted by Gasteiger charge is -2.12. The molecule has 5 N–H and O–H groups in total. The van der Waals surface area contributed by atoms with Crippen LogP contribution in [0.15, 0.2) is 35.8 Å². The van der Waals surface area contributed by atoms with Crippen molar-refractivity contribution in [2.45, 2.75) is 12.7 Å². The van der Waals surface area contributed by atoms with E-state index in [0.717, 1.165) is 12.1 Å². The Bertz CT molecular complexity index is 1230. The molecule has 12 nitrogen and oxygen atoms in total. The molecular formula is C17H20F3N7O5S. The molecule has 0 aliphatic carbocycles. The van der Waals surface area contributed by atoms with Crippen molar-refractivity contribution < 1.29 is 35.7 Å². The smallest absolute Gasteiger partial charge is 0.417 e. The van der Waals surface area contributed by atoms with Crippen molar-refractivity contribution >= 4 is 32.9 Å².